The third-order valence-electron chi connectivity index (χ3n) is 3.82. The monoisotopic (exact) mass is 254 g/mol. The molecule has 0 unspecified atom stereocenters. The largest absolute Gasteiger partial charge is 0.325 e. The van der Waals surface area contributed by atoms with Crippen molar-refractivity contribution in [3.05, 3.63) is 21.9 Å². The maximum absolute atomic E-state index is 6.19. The Morgan fingerprint density at radius 3 is 2.47 bits per heavy atom. The first kappa shape index (κ1) is 14.7. The molecule has 0 atom stereocenters. The van der Waals surface area contributed by atoms with Crippen LogP contribution in [0.25, 0.3) is 0 Å². The smallest absolute Gasteiger partial charge is 0.0302 e. The van der Waals surface area contributed by atoms with Gasteiger partial charge in [0.2, 0.25) is 0 Å². The third-order valence-corrected chi connectivity index (χ3v) is 4.78. The van der Waals surface area contributed by atoms with Crippen LogP contribution in [0.4, 0.5) is 0 Å². The van der Waals surface area contributed by atoms with Gasteiger partial charge in [0.05, 0.1) is 0 Å². The highest BCUT2D eigenvalue weighted by atomic mass is 32.1. The molecule has 0 radical (unpaired) electrons. The van der Waals surface area contributed by atoms with Crippen LogP contribution in [0.5, 0.6) is 0 Å². The molecule has 0 aliphatic rings. The first-order chi connectivity index (χ1) is 7.78. The molecule has 1 heterocycles. The average molecular weight is 254 g/mol. The zero-order chi connectivity index (χ0) is 13.1. The molecule has 17 heavy (non-hydrogen) atoms. The number of thiophene rings is 1. The highest BCUT2D eigenvalue weighted by molar-refractivity contribution is 7.10. The van der Waals surface area contributed by atoms with E-state index < -0.39 is 0 Å². The van der Waals surface area contributed by atoms with Crippen molar-refractivity contribution < 1.29 is 0 Å². The molecular weight excluding hydrogens is 228 g/mol. The summed E-state index contributed by atoms with van der Waals surface area (Å²) in [6, 6.07) is 2.22. The summed E-state index contributed by atoms with van der Waals surface area (Å²) in [5.41, 5.74) is 7.59. The van der Waals surface area contributed by atoms with Crippen LogP contribution in [0.2, 0.25) is 0 Å². The van der Waals surface area contributed by atoms with E-state index in [1.807, 2.05) is 11.3 Å². The standard InChI is InChI=1S/C14H26N2S/c1-6-11-7-8-17-12(11)9-16-10-13(2,3)14(4,5)15/h7-8,16H,6,9-10,15H2,1-5H3. The van der Waals surface area contributed by atoms with Crippen LogP contribution in [0, 0.1) is 5.41 Å². The summed E-state index contributed by atoms with van der Waals surface area (Å²) >= 11 is 1.84. The highest BCUT2D eigenvalue weighted by Crippen LogP contribution is 2.27. The second kappa shape index (κ2) is 5.51. The Morgan fingerprint density at radius 1 is 1.29 bits per heavy atom. The first-order valence-corrected chi connectivity index (χ1v) is 7.21. The summed E-state index contributed by atoms with van der Waals surface area (Å²) in [5.74, 6) is 0. The molecule has 0 fully saturated rings. The Morgan fingerprint density at radius 2 is 1.94 bits per heavy atom. The van der Waals surface area contributed by atoms with Crippen molar-refractivity contribution >= 4 is 11.3 Å². The zero-order valence-electron chi connectivity index (χ0n) is 11.8. The fourth-order valence-corrected chi connectivity index (χ4v) is 2.50. The topological polar surface area (TPSA) is 38.0 Å². The van der Waals surface area contributed by atoms with E-state index in [9.17, 15) is 0 Å². The van der Waals surface area contributed by atoms with Crippen LogP contribution in [0.3, 0.4) is 0 Å². The molecule has 0 spiro atoms. The Labute approximate surface area is 110 Å². The molecule has 0 aromatic carbocycles. The number of nitrogens with two attached hydrogens (primary N) is 1. The third kappa shape index (κ3) is 3.80. The molecule has 2 nitrogen and oxygen atoms in total. The molecule has 0 bridgehead atoms. The van der Waals surface area contributed by atoms with E-state index in [0.29, 0.717) is 0 Å². The van der Waals surface area contributed by atoms with E-state index in [0.717, 1.165) is 19.5 Å². The maximum Gasteiger partial charge on any atom is 0.0302 e. The van der Waals surface area contributed by atoms with Gasteiger partial charge in [-0.15, -0.1) is 11.3 Å². The van der Waals surface area contributed by atoms with Gasteiger partial charge >= 0.3 is 0 Å². The number of nitrogens with one attached hydrogen (secondary N) is 1. The molecule has 1 rings (SSSR count). The number of rotatable bonds is 6. The quantitative estimate of drug-likeness (QED) is 0.818. The van der Waals surface area contributed by atoms with Crippen molar-refractivity contribution in [1.82, 2.24) is 5.32 Å². The van der Waals surface area contributed by atoms with Crippen LogP contribution in [0.15, 0.2) is 11.4 Å². The average Bonchev–Trinajstić information content (AvgIpc) is 2.63. The lowest BCUT2D eigenvalue weighted by Crippen LogP contribution is -2.52. The summed E-state index contributed by atoms with van der Waals surface area (Å²) in [5, 5.41) is 5.71. The lowest BCUT2D eigenvalue weighted by molar-refractivity contribution is 0.195. The van der Waals surface area contributed by atoms with Gasteiger partial charge in [-0.3, -0.25) is 0 Å². The van der Waals surface area contributed by atoms with Crippen molar-refractivity contribution in [3.8, 4) is 0 Å². The molecule has 3 N–H and O–H groups in total. The van der Waals surface area contributed by atoms with Gasteiger partial charge in [0.1, 0.15) is 0 Å². The Balaban J connectivity index is 2.48. The van der Waals surface area contributed by atoms with Crippen LogP contribution < -0.4 is 11.1 Å². The van der Waals surface area contributed by atoms with E-state index >= 15 is 0 Å². The molecule has 1 aromatic rings. The molecular formula is C14H26N2S. The second-order valence-corrected chi connectivity index (χ2v) is 6.93. The minimum Gasteiger partial charge on any atom is -0.325 e. The van der Waals surface area contributed by atoms with Crippen molar-refractivity contribution in [2.24, 2.45) is 11.1 Å². The second-order valence-electron chi connectivity index (χ2n) is 5.93. The maximum atomic E-state index is 6.19. The van der Waals surface area contributed by atoms with Gasteiger partial charge in [0.25, 0.3) is 0 Å². The molecule has 98 valence electrons. The van der Waals surface area contributed by atoms with Crippen LogP contribution in [0.1, 0.15) is 45.1 Å². The van der Waals surface area contributed by atoms with Crippen LogP contribution >= 0.6 is 11.3 Å². The molecule has 0 aliphatic carbocycles. The lowest BCUT2D eigenvalue weighted by Gasteiger charge is -2.38. The highest BCUT2D eigenvalue weighted by Gasteiger charge is 2.32. The first-order valence-electron chi connectivity index (χ1n) is 6.33. The fourth-order valence-electron chi connectivity index (χ4n) is 1.55. The van der Waals surface area contributed by atoms with E-state index in [2.05, 4.69) is 51.4 Å². The minimum absolute atomic E-state index is 0.0939. The summed E-state index contributed by atoms with van der Waals surface area (Å²) in [7, 11) is 0. The van der Waals surface area contributed by atoms with Gasteiger partial charge in [-0.2, -0.15) is 0 Å². The minimum atomic E-state index is -0.164. The van der Waals surface area contributed by atoms with Gasteiger partial charge in [0, 0.05) is 23.5 Å². The SMILES string of the molecule is CCc1ccsc1CNCC(C)(C)C(C)(C)N. The van der Waals surface area contributed by atoms with E-state index in [1.165, 1.54) is 10.4 Å². The number of hydrogen-bond acceptors (Lipinski definition) is 3. The van der Waals surface area contributed by atoms with E-state index in [1.54, 1.807) is 0 Å². The Kier molecular flexibility index (Phi) is 4.76. The van der Waals surface area contributed by atoms with Gasteiger partial charge in [-0.05, 0) is 42.7 Å². The Hall–Kier alpha value is -0.380. The fraction of sp³-hybridized carbons (Fsp3) is 0.714. The molecule has 3 heteroatoms. The van der Waals surface area contributed by atoms with E-state index in [4.69, 9.17) is 5.73 Å². The van der Waals surface area contributed by atoms with E-state index in [-0.39, 0.29) is 11.0 Å². The predicted octanol–water partition coefficient (Wildman–Crippen LogP) is 3.16. The zero-order valence-corrected chi connectivity index (χ0v) is 12.6. The molecule has 0 saturated heterocycles. The lowest BCUT2D eigenvalue weighted by atomic mass is 9.75. The van der Waals surface area contributed by atoms with Crippen molar-refractivity contribution in [1.29, 1.82) is 0 Å². The van der Waals surface area contributed by atoms with Crippen molar-refractivity contribution in [2.75, 3.05) is 6.54 Å². The van der Waals surface area contributed by atoms with Crippen LogP contribution in [-0.2, 0) is 13.0 Å². The normalized spacial score (nSPS) is 13.1. The summed E-state index contributed by atoms with van der Waals surface area (Å²) in [6.45, 7) is 12.7. The van der Waals surface area contributed by atoms with Crippen LogP contribution in [-0.4, -0.2) is 12.1 Å². The van der Waals surface area contributed by atoms with Gasteiger partial charge in [-0.1, -0.05) is 20.8 Å². The Bertz CT molecular complexity index is 347. The number of aryl methyl sites for hydroxylation is 1. The molecule has 0 aliphatic heterocycles. The summed E-state index contributed by atoms with van der Waals surface area (Å²) in [4.78, 5) is 1.46. The predicted molar refractivity (Wildman–Crippen MR) is 77.5 cm³/mol. The van der Waals surface area contributed by atoms with Crippen molar-refractivity contribution in [2.45, 2.75) is 53.1 Å². The molecule has 0 saturated carbocycles. The van der Waals surface area contributed by atoms with Crippen molar-refractivity contribution in [3.63, 3.8) is 0 Å². The van der Waals surface area contributed by atoms with Gasteiger partial charge in [-0.25, -0.2) is 0 Å². The molecule has 0 amide bonds. The van der Waals surface area contributed by atoms with Gasteiger partial charge < -0.3 is 11.1 Å². The summed E-state index contributed by atoms with van der Waals surface area (Å²) in [6.07, 6.45) is 1.12. The summed E-state index contributed by atoms with van der Waals surface area (Å²) < 4.78 is 0. The number of hydrogen-bond donors (Lipinski definition) is 2. The van der Waals surface area contributed by atoms with Gasteiger partial charge in [0.15, 0.2) is 0 Å². The molecule has 1 aromatic heterocycles.